The van der Waals surface area contributed by atoms with E-state index in [4.69, 9.17) is 0 Å². The van der Waals surface area contributed by atoms with Crippen LogP contribution in [0, 0.1) is 24.2 Å². The number of hydrogen-bond donors (Lipinski definition) is 0. The van der Waals surface area contributed by atoms with E-state index in [1.807, 2.05) is 0 Å². The minimum atomic E-state index is 0.120. The molecule has 1 aromatic rings. The molecule has 0 bridgehead atoms. The quantitative estimate of drug-likeness (QED) is 0.804. The molecule has 0 N–H and O–H groups in total. The monoisotopic (exact) mass is 259 g/mol. The number of rotatable bonds is 3. The summed E-state index contributed by atoms with van der Waals surface area (Å²) in [6, 6.07) is 2.12. The SMILES string of the molecule is Cc1cc2c(n1CC(C)C1CC1)CC(C)(C)CC2=O. The summed E-state index contributed by atoms with van der Waals surface area (Å²) in [7, 11) is 0. The van der Waals surface area contributed by atoms with Gasteiger partial charge in [-0.05, 0) is 49.5 Å². The zero-order chi connectivity index (χ0) is 13.8. The van der Waals surface area contributed by atoms with Crippen LogP contribution in [0.4, 0.5) is 0 Å². The standard InChI is InChI=1S/C17H25NO/c1-11(13-5-6-13)10-18-12(2)7-14-15(18)8-17(3,4)9-16(14)19/h7,11,13H,5-6,8-10H2,1-4H3. The largest absolute Gasteiger partial charge is 0.348 e. The van der Waals surface area contributed by atoms with Crippen LogP contribution in [0.3, 0.4) is 0 Å². The van der Waals surface area contributed by atoms with Crippen LogP contribution in [0.15, 0.2) is 6.07 Å². The fourth-order valence-corrected chi connectivity index (χ4v) is 3.56. The van der Waals surface area contributed by atoms with Crippen LogP contribution in [0.1, 0.15) is 61.8 Å². The van der Waals surface area contributed by atoms with Gasteiger partial charge in [0.1, 0.15) is 0 Å². The summed E-state index contributed by atoms with van der Waals surface area (Å²) in [5.41, 5.74) is 3.68. The summed E-state index contributed by atoms with van der Waals surface area (Å²) < 4.78 is 2.43. The molecule has 1 unspecified atom stereocenters. The van der Waals surface area contributed by atoms with Crippen molar-refractivity contribution < 1.29 is 4.79 Å². The fraction of sp³-hybridized carbons (Fsp3) is 0.706. The van der Waals surface area contributed by atoms with Gasteiger partial charge in [0.05, 0.1) is 0 Å². The lowest BCUT2D eigenvalue weighted by Crippen LogP contribution is -2.28. The van der Waals surface area contributed by atoms with Crippen LogP contribution < -0.4 is 0 Å². The molecule has 0 spiro atoms. The number of fused-ring (bicyclic) bond motifs is 1. The molecule has 104 valence electrons. The van der Waals surface area contributed by atoms with Gasteiger partial charge in [-0.2, -0.15) is 0 Å². The maximum atomic E-state index is 12.3. The summed E-state index contributed by atoms with van der Waals surface area (Å²) in [5.74, 6) is 2.01. The molecule has 2 nitrogen and oxygen atoms in total. The van der Waals surface area contributed by atoms with E-state index in [1.54, 1.807) is 0 Å². The highest BCUT2D eigenvalue weighted by Crippen LogP contribution is 2.40. The first-order valence-electron chi connectivity index (χ1n) is 7.59. The van der Waals surface area contributed by atoms with Gasteiger partial charge in [-0.15, -0.1) is 0 Å². The Kier molecular flexibility index (Phi) is 2.88. The Morgan fingerprint density at radius 2 is 2.05 bits per heavy atom. The summed E-state index contributed by atoms with van der Waals surface area (Å²) in [6.07, 6.45) is 4.53. The summed E-state index contributed by atoms with van der Waals surface area (Å²) >= 11 is 0. The number of hydrogen-bond acceptors (Lipinski definition) is 1. The van der Waals surface area contributed by atoms with E-state index in [0.29, 0.717) is 12.2 Å². The van der Waals surface area contributed by atoms with Crippen molar-refractivity contribution in [3.63, 3.8) is 0 Å². The first-order chi connectivity index (χ1) is 8.87. The highest BCUT2D eigenvalue weighted by molar-refractivity contribution is 5.99. The fourth-order valence-electron chi connectivity index (χ4n) is 3.56. The molecule has 0 saturated heterocycles. The zero-order valence-electron chi connectivity index (χ0n) is 12.6. The van der Waals surface area contributed by atoms with Crippen LogP contribution in [0.25, 0.3) is 0 Å². The maximum Gasteiger partial charge on any atom is 0.165 e. The Morgan fingerprint density at radius 3 is 2.68 bits per heavy atom. The topological polar surface area (TPSA) is 22.0 Å². The van der Waals surface area contributed by atoms with E-state index >= 15 is 0 Å². The molecule has 1 heterocycles. The van der Waals surface area contributed by atoms with Gasteiger partial charge >= 0.3 is 0 Å². The van der Waals surface area contributed by atoms with E-state index in [2.05, 4.69) is 38.3 Å². The molecule has 1 fully saturated rings. The van der Waals surface area contributed by atoms with E-state index < -0.39 is 0 Å². The zero-order valence-corrected chi connectivity index (χ0v) is 12.6. The average Bonchev–Trinajstić information content (AvgIpc) is 3.08. The van der Waals surface area contributed by atoms with Gasteiger partial charge in [0, 0.05) is 29.9 Å². The molecule has 1 aromatic heterocycles. The Hall–Kier alpha value is -1.05. The summed E-state index contributed by atoms with van der Waals surface area (Å²) in [4.78, 5) is 12.3. The molecule has 0 amide bonds. The van der Waals surface area contributed by atoms with Crippen LogP contribution in [0.5, 0.6) is 0 Å². The van der Waals surface area contributed by atoms with Crippen molar-refractivity contribution in [2.24, 2.45) is 17.3 Å². The van der Waals surface area contributed by atoms with E-state index in [1.165, 1.54) is 24.2 Å². The summed E-state index contributed by atoms with van der Waals surface area (Å²) in [5, 5.41) is 0. The Labute approximate surface area is 116 Å². The number of Topliss-reactive ketones (excluding diaryl/α,β-unsaturated/α-hetero) is 1. The number of carbonyl (C=O) groups excluding carboxylic acids is 1. The van der Waals surface area contributed by atoms with Crippen molar-refractivity contribution in [2.75, 3.05) is 0 Å². The average molecular weight is 259 g/mol. The second kappa shape index (κ2) is 4.22. The molecule has 0 aromatic carbocycles. The van der Waals surface area contributed by atoms with Crippen LogP contribution in [-0.2, 0) is 13.0 Å². The maximum absolute atomic E-state index is 12.3. The lowest BCUT2D eigenvalue weighted by molar-refractivity contribution is 0.0909. The lowest BCUT2D eigenvalue weighted by atomic mass is 9.76. The third-order valence-electron chi connectivity index (χ3n) is 4.90. The third-order valence-corrected chi connectivity index (χ3v) is 4.90. The van der Waals surface area contributed by atoms with E-state index in [-0.39, 0.29) is 5.41 Å². The molecule has 19 heavy (non-hydrogen) atoms. The smallest absolute Gasteiger partial charge is 0.165 e. The van der Waals surface area contributed by atoms with Crippen molar-refractivity contribution in [1.29, 1.82) is 0 Å². The Bertz CT molecular complexity index is 520. The Balaban J connectivity index is 1.94. The number of aromatic nitrogens is 1. The third kappa shape index (κ3) is 2.37. The van der Waals surface area contributed by atoms with Crippen LogP contribution >= 0.6 is 0 Å². The minimum absolute atomic E-state index is 0.120. The highest BCUT2D eigenvalue weighted by atomic mass is 16.1. The van der Waals surface area contributed by atoms with Crippen molar-refractivity contribution >= 4 is 5.78 Å². The lowest BCUT2D eigenvalue weighted by Gasteiger charge is -2.30. The van der Waals surface area contributed by atoms with Crippen molar-refractivity contribution in [3.8, 4) is 0 Å². The molecule has 0 radical (unpaired) electrons. The number of carbonyl (C=O) groups is 1. The predicted octanol–water partition coefficient (Wildman–Crippen LogP) is 4.00. The summed E-state index contributed by atoms with van der Waals surface area (Å²) in [6.45, 7) is 10.0. The second-order valence-electron chi connectivity index (χ2n) is 7.51. The van der Waals surface area contributed by atoms with Crippen molar-refractivity contribution in [2.45, 2.75) is 59.9 Å². The number of ketones is 1. The first-order valence-corrected chi connectivity index (χ1v) is 7.59. The van der Waals surface area contributed by atoms with Crippen LogP contribution in [-0.4, -0.2) is 10.4 Å². The van der Waals surface area contributed by atoms with E-state index in [9.17, 15) is 4.79 Å². The van der Waals surface area contributed by atoms with Gasteiger partial charge in [0.25, 0.3) is 0 Å². The Morgan fingerprint density at radius 1 is 1.37 bits per heavy atom. The molecule has 0 aliphatic heterocycles. The normalized spacial score (nSPS) is 23.3. The van der Waals surface area contributed by atoms with Gasteiger partial charge < -0.3 is 4.57 Å². The van der Waals surface area contributed by atoms with Crippen molar-refractivity contribution in [3.05, 3.63) is 23.0 Å². The molecular weight excluding hydrogens is 234 g/mol. The first kappa shape index (κ1) is 13.0. The molecule has 2 aliphatic carbocycles. The highest BCUT2D eigenvalue weighted by Gasteiger charge is 2.35. The van der Waals surface area contributed by atoms with Crippen molar-refractivity contribution in [1.82, 2.24) is 4.57 Å². The minimum Gasteiger partial charge on any atom is -0.348 e. The molecular formula is C17H25NO. The van der Waals surface area contributed by atoms with E-state index in [0.717, 1.165) is 30.4 Å². The second-order valence-corrected chi connectivity index (χ2v) is 7.51. The molecule has 2 heteroatoms. The van der Waals surface area contributed by atoms with Gasteiger partial charge in [0.15, 0.2) is 5.78 Å². The van der Waals surface area contributed by atoms with Crippen LogP contribution in [0.2, 0.25) is 0 Å². The van der Waals surface area contributed by atoms with Gasteiger partial charge in [-0.1, -0.05) is 20.8 Å². The van der Waals surface area contributed by atoms with Gasteiger partial charge in [0.2, 0.25) is 0 Å². The molecule has 1 atom stereocenters. The molecule has 3 rings (SSSR count). The molecule has 2 aliphatic rings. The van der Waals surface area contributed by atoms with Gasteiger partial charge in [-0.3, -0.25) is 4.79 Å². The molecule has 1 saturated carbocycles. The number of nitrogens with zero attached hydrogens (tertiary/aromatic N) is 1. The predicted molar refractivity (Wildman–Crippen MR) is 77.5 cm³/mol. The van der Waals surface area contributed by atoms with Gasteiger partial charge in [-0.25, -0.2) is 0 Å². The number of aryl methyl sites for hydroxylation is 1.